The zero-order valence-electron chi connectivity index (χ0n) is 8.65. The maximum absolute atomic E-state index is 11.3. The first kappa shape index (κ1) is 11.4. The molecule has 7 nitrogen and oxygen atoms in total. The third-order valence-corrected chi connectivity index (χ3v) is 1.69. The predicted molar refractivity (Wildman–Crippen MR) is 52.5 cm³/mol. The van der Waals surface area contributed by atoms with E-state index in [0.29, 0.717) is 6.42 Å². The van der Waals surface area contributed by atoms with Gasteiger partial charge in [0.05, 0.1) is 13.2 Å². The zero-order valence-corrected chi connectivity index (χ0v) is 8.65. The third-order valence-electron chi connectivity index (χ3n) is 1.69. The number of carbonyl (C=O) groups is 1. The van der Waals surface area contributed by atoms with E-state index in [1.54, 1.807) is 6.92 Å². The molecule has 7 heteroatoms. The molecule has 1 aromatic rings. The van der Waals surface area contributed by atoms with Crippen LogP contribution in [0.2, 0.25) is 0 Å². The number of hydrogen-bond donors (Lipinski definition) is 3. The summed E-state index contributed by atoms with van der Waals surface area (Å²) in [7, 11) is 1.43. The van der Waals surface area contributed by atoms with Gasteiger partial charge in [-0.1, -0.05) is 0 Å². The highest BCUT2D eigenvalue weighted by Crippen LogP contribution is 2.05. The molecule has 0 aromatic carbocycles. The van der Waals surface area contributed by atoms with E-state index >= 15 is 0 Å². The second-order valence-electron chi connectivity index (χ2n) is 3.11. The number of nitrogens with one attached hydrogen (secondary N) is 2. The Hall–Kier alpha value is -1.63. The quantitative estimate of drug-likeness (QED) is 0.636. The Balaban J connectivity index is 2.37. The molecular formula is C8H14N4O3. The molecule has 15 heavy (non-hydrogen) atoms. The van der Waals surface area contributed by atoms with Crippen LogP contribution in [-0.2, 0) is 4.79 Å². The molecule has 1 atom stereocenters. The van der Waals surface area contributed by atoms with Crippen LogP contribution in [-0.4, -0.2) is 39.4 Å². The minimum absolute atomic E-state index is 0.167. The Morgan fingerprint density at radius 3 is 3.00 bits per heavy atom. The van der Waals surface area contributed by atoms with Crippen LogP contribution in [0.4, 0.5) is 5.95 Å². The Morgan fingerprint density at radius 2 is 2.47 bits per heavy atom. The number of hydrogen-bond acceptors (Lipinski definition) is 5. The number of anilines is 1. The van der Waals surface area contributed by atoms with Crippen LogP contribution in [0.15, 0.2) is 0 Å². The van der Waals surface area contributed by atoms with Crippen LogP contribution in [0, 0.1) is 0 Å². The molecule has 0 aliphatic carbocycles. The van der Waals surface area contributed by atoms with Crippen molar-refractivity contribution in [3.05, 3.63) is 0 Å². The lowest BCUT2D eigenvalue weighted by Gasteiger charge is -2.02. The number of aliphatic hydroxyl groups excluding tert-OH is 1. The van der Waals surface area contributed by atoms with Crippen molar-refractivity contribution < 1.29 is 14.6 Å². The second kappa shape index (κ2) is 5.30. The van der Waals surface area contributed by atoms with E-state index in [4.69, 9.17) is 9.84 Å². The van der Waals surface area contributed by atoms with Crippen molar-refractivity contribution >= 4 is 11.9 Å². The summed E-state index contributed by atoms with van der Waals surface area (Å²) in [4.78, 5) is 15.1. The fraction of sp³-hybridized carbons (Fsp3) is 0.625. The number of aromatic nitrogens is 3. The van der Waals surface area contributed by atoms with E-state index in [9.17, 15) is 4.79 Å². The second-order valence-corrected chi connectivity index (χ2v) is 3.11. The highest BCUT2D eigenvalue weighted by molar-refractivity contribution is 5.88. The van der Waals surface area contributed by atoms with Crippen LogP contribution in [0.1, 0.15) is 19.8 Å². The Bertz CT molecular complexity index is 323. The molecule has 0 radical (unpaired) electrons. The fourth-order valence-corrected chi connectivity index (χ4v) is 0.928. The first-order valence-electron chi connectivity index (χ1n) is 4.56. The van der Waals surface area contributed by atoms with Gasteiger partial charge in [-0.05, 0) is 13.3 Å². The van der Waals surface area contributed by atoms with Gasteiger partial charge in [0, 0.05) is 6.42 Å². The summed E-state index contributed by atoms with van der Waals surface area (Å²) in [6, 6.07) is 0.167. The Labute approximate surface area is 86.9 Å². The fourth-order valence-electron chi connectivity index (χ4n) is 0.928. The zero-order chi connectivity index (χ0) is 11.3. The lowest BCUT2D eigenvalue weighted by molar-refractivity contribution is -0.116. The lowest BCUT2D eigenvalue weighted by Crippen LogP contribution is -2.14. The lowest BCUT2D eigenvalue weighted by atomic mass is 10.2. The standard InChI is InChI=1S/C8H14N4O3/c1-5(13)3-4-6(14)9-7-10-8(15-2)12-11-7/h5,13H,3-4H2,1-2H3,(H2,9,10,11,12,14). The molecule has 0 bridgehead atoms. The summed E-state index contributed by atoms with van der Waals surface area (Å²) in [5.74, 6) is 0.0112. The number of aromatic amines is 1. The Kier molecular flexibility index (Phi) is 4.04. The van der Waals surface area contributed by atoms with E-state index < -0.39 is 6.10 Å². The number of rotatable bonds is 5. The summed E-state index contributed by atoms with van der Waals surface area (Å²) in [6.07, 6.45) is 0.164. The van der Waals surface area contributed by atoms with Gasteiger partial charge < -0.3 is 9.84 Å². The molecule has 0 saturated carbocycles. The van der Waals surface area contributed by atoms with Crippen molar-refractivity contribution in [1.82, 2.24) is 15.2 Å². The highest BCUT2D eigenvalue weighted by atomic mass is 16.5. The van der Waals surface area contributed by atoms with E-state index in [1.165, 1.54) is 7.11 Å². The Morgan fingerprint density at radius 1 is 1.73 bits per heavy atom. The summed E-state index contributed by atoms with van der Waals surface area (Å²) >= 11 is 0. The number of nitrogens with zero attached hydrogens (tertiary/aromatic N) is 2. The van der Waals surface area contributed by atoms with Gasteiger partial charge >= 0.3 is 6.01 Å². The summed E-state index contributed by atoms with van der Waals surface area (Å²) < 4.78 is 4.73. The van der Waals surface area contributed by atoms with Crippen LogP contribution < -0.4 is 10.1 Å². The molecule has 1 aromatic heterocycles. The largest absolute Gasteiger partial charge is 0.466 e. The molecule has 1 amide bonds. The number of aliphatic hydroxyl groups is 1. The predicted octanol–water partition coefficient (Wildman–Crippen LogP) is -0.0872. The van der Waals surface area contributed by atoms with Crippen molar-refractivity contribution in [3.8, 4) is 6.01 Å². The van der Waals surface area contributed by atoms with Gasteiger partial charge in [-0.15, -0.1) is 5.10 Å². The first-order valence-corrected chi connectivity index (χ1v) is 4.56. The molecule has 0 spiro atoms. The van der Waals surface area contributed by atoms with Crippen LogP contribution in [0.25, 0.3) is 0 Å². The monoisotopic (exact) mass is 214 g/mol. The van der Waals surface area contributed by atoms with Crippen molar-refractivity contribution in [2.24, 2.45) is 0 Å². The van der Waals surface area contributed by atoms with Crippen molar-refractivity contribution in [2.45, 2.75) is 25.9 Å². The summed E-state index contributed by atoms with van der Waals surface area (Å²) in [5.41, 5.74) is 0. The molecule has 0 aliphatic rings. The van der Waals surface area contributed by atoms with Gasteiger partial charge in [-0.25, -0.2) is 5.10 Å². The SMILES string of the molecule is COc1n[nH]c(NC(=O)CCC(C)O)n1. The van der Waals surface area contributed by atoms with E-state index in [1.807, 2.05) is 0 Å². The number of carbonyl (C=O) groups excluding carboxylic acids is 1. The van der Waals surface area contributed by atoms with E-state index in [0.717, 1.165) is 0 Å². The van der Waals surface area contributed by atoms with Crippen molar-refractivity contribution in [3.63, 3.8) is 0 Å². The number of H-pyrrole nitrogens is 1. The molecule has 3 N–H and O–H groups in total. The first-order chi connectivity index (χ1) is 7.11. The molecule has 0 aliphatic heterocycles. The van der Waals surface area contributed by atoms with Crippen molar-refractivity contribution in [2.75, 3.05) is 12.4 Å². The summed E-state index contributed by atoms with van der Waals surface area (Å²) in [6.45, 7) is 1.63. The molecule has 0 saturated heterocycles. The van der Waals surface area contributed by atoms with Crippen LogP contribution >= 0.6 is 0 Å². The average Bonchev–Trinajstić information content (AvgIpc) is 2.62. The average molecular weight is 214 g/mol. The summed E-state index contributed by atoms with van der Waals surface area (Å²) in [5, 5.41) is 17.6. The highest BCUT2D eigenvalue weighted by Gasteiger charge is 2.08. The van der Waals surface area contributed by atoms with Gasteiger partial charge in [-0.2, -0.15) is 4.98 Å². The minimum atomic E-state index is -0.486. The molecule has 1 unspecified atom stereocenters. The van der Waals surface area contributed by atoms with Crippen LogP contribution in [0.5, 0.6) is 6.01 Å². The molecular weight excluding hydrogens is 200 g/mol. The maximum Gasteiger partial charge on any atom is 0.336 e. The number of ether oxygens (including phenoxy) is 1. The van der Waals surface area contributed by atoms with Gasteiger partial charge in [-0.3, -0.25) is 10.1 Å². The van der Waals surface area contributed by atoms with Gasteiger partial charge in [0.25, 0.3) is 0 Å². The third kappa shape index (κ3) is 3.94. The number of amides is 1. The molecule has 1 heterocycles. The van der Waals surface area contributed by atoms with Crippen LogP contribution in [0.3, 0.4) is 0 Å². The van der Waals surface area contributed by atoms with Gasteiger partial charge in [0.15, 0.2) is 0 Å². The maximum atomic E-state index is 11.3. The normalized spacial score (nSPS) is 12.2. The molecule has 0 fully saturated rings. The molecule has 1 rings (SSSR count). The smallest absolute Gasteiger partial charge is 0.336 e. The topological polar surface area (TPSA) is 100 Å². The molecule has 84 valence electrons. The minimum Gasteiger partial charge on any atom is -0.466 e. The van der Waals surface area contributed by atoms with E-state index in [2.05, 4.69) is 20.5 Å². The number of methoxy groups -OCH3 is 1. The van der Waals surface area contributed by atoms with E-state index in [-0.39, 0.29) is 24.3 Å². The van der Waals surface area contributed by atoms with Crippen molar-refractivity contribution in [1.29, 1.82) is 0 Å². The van der Waals surface area contributed by atoms with Gasteiger partial charge in [0.2, 0.25) is 11.9 Å². The van der Waals surface area contributed by atoms with Gasteiger partial charge in [0.1, 0.15) is 0 Å².